The van der Waals surface area contributed by atoms with Gasteiger partial charge in [-0.25, -0.2) is 4.79 Å². The number of carbonyl (C=O) groups excluding carboxylic acids is 1. The van der Waals surface area contributed by atoms with Crippen molar-refractivity contribution in [2.75, 3.05) is 26.9 Å². The first-order valence-electron chi connectivity index (χ1n) is 6.93. The molecule has 0 saturated carbocycles. The van der Waals surface area contributed by atoms with E-state index in [0.717, 1.165) is 5.06 Å². The molecular formula is C14H26NO5. The predicted octanol–water partition coefficient (Wildman–Crippen LogP) is 1.56. The van der Waals surface area contributed by atoms with E-state index in [1.54, 1.807) is 7.11 Å². The van der Waals surface area contributed by atoms with Gasteiger partial charge in [-0.05, 0) is 27.7 Å². The Hall–Kier alpha value is -0.690. The lowest BCUT2D eigenvalue weighted by Gasteiger charge is -2.49. The number of hydrogen-bond donors (Lipinski definition) is 0. The monoisotopic (exact) mass is 288 g/mol. The van der Waals surface area contributed by atoms with E-state index in [1.165, 1.54) is 0 Å². The average Bonchev–Trinajstić information content (AvgIpc) is 2.31. The molecule has 0 aromatic rings. The lowest BCUT2D eigenvalue weighted by molar-refractivity contribution is -0.299. The molecular weight excluding hydrogens is 262 g/mol. The number of rotatable bonds is 6. The fraction of sp³-hybridized carbons (Fsp3) is 0.929. The molecule has 1 saturated heterocycles. The molecule has 0 atom stereocenters. The summed E-state index contributed by atoms with van der Waals surface area (Å²) in [5.41, 5.74) is -1.08. The molecule has 1 aliphatic heterocycles. The maximum absolute atomic E-state index is 12.2. The van der Waals surface area contributed by atoms with E-state index in [4.69, 9.17) is 14.2 Å². The van der Waals surface area contributed by atoms with Crippen molar-refractivity contribution in [1.29, 1.82) is 0 Å². The molecule has 0 N–H and O–H groups in total. The SMILES string of the molecule is COCCOCC(=O)OC1CC(C)(C)N([O])C(C)(C)C1. The number of carbonyl (C=O) groups is 1. The number of piperidine rings is 1. The first kappa shape index (κ1) is 17.4. The summed E-state index contributed by atoms with van der Waals surface area (Å²) in [6.45, 7) is 8.21. The van der Waals surface area contributed by atoms with Crippen molar-refractivity contribution in [2.45, 2.75) is 57.7 Å². The molecule has 20 heavy (non-hydrogen) atoms. The Bertz CT molecular complexity index is 312. The first-order chi connectivity index (χ1) is 9.19. The average molecular weight is 288 g/mol. The molecule has 0 bridgehead atoms. The maximum atomic E-state index is 12.2. The van der Waals surface area contributed by atoms with Crippen LogP contribution in [-0.2, 0) is 24.2 Å². The highest BCUT2D eigenvalue weighted by Gasteiger charge is 2.47. The van der Waals surface area contributed by atoms with Crippen molar-refractivity contribution in [3.63, 3.8) is 0 Å². The van der Waals surface area contributed by atoms with Gasteiger partial charge in [0.1, 0.15) is 12.7 Å². The van der Waals surface area contributed by atoms with Crippen LogP contribution in [0.3, 0.4) is 0 Å². The van der Waals surface area contributed by atoms with E-state index in [9.17, 15) is 10.0 Å². The Kier molecular flexibility index (Phi) is 5.94. The molecule has 0 aliphatic carbocycles. The summed E-state index contributed by atoms with van der Waals surface area (Å²) in [4.78, 5) is 11.7. The van der Waals surface area contributed by atoms with Gasteiger partial charge in [-0.15, -0.1) is 10.3 Å². The highest BCUT2D eigenvalue weighted by molar-refractivity contribution is 5.70. The molecule has 0 spiro atoms. The number of esters is 1. The molecule has 1 radical (unpaired) electrons. The quantitative estimate of drug-likeness (QED) is 0.548. The van der Waals surface area contributed by atoms with Crippen LogP contribution in [0.4, 0.5) is 0 Å². The van der Waals surface area contributed by atoms with Crippen LogP contribution in [-0.4, -0.2) is 55.1 Å². The Morgan fingerprint density at radius 1 is 1.15 bits per heavy atom. The molecule has 6 nitrogen and oxygen atoms in total. The Labute approximate surface area is 120 Å². The fourth-order valence-electron chi connectivity index (χ4n) is 2.77. The standard InChI is InChI=1S/C14H26NO5/c1-13(2)8-11(9-14(3,4)15(13)17)20-12(16)10-19-7-6-18-5/h11H,6-10H2,1-5H3. The van der Waals surface area contributed by atoms with E-state index in [1.807, 2.05) is 27.7 Å². The zero-order valence-corrected chi connectivity index (χ0v) is 13.1. The van der Waals surface area contributed by atoms with Crippen LogP contribution in [0.25, 0.3) is 0 Å². The Morgan fingerprint density at radius 2 is 1.70 bits per heavy atom. The van der Waals surface area contributed by atoms with Gasteiger partial charge in [0.2, 0.25) is 0 Å². The molecule has 0 unspecified atom stereocenters. The summed E-state index contributed by atoms with van der Waals surface area (Å²) in [6, 6.07) is 0. The van der Waals surface area contributed by atoms with Crippen molar-refractivity contribution < 1.29 is 24.2 Å². The van der Waals surface area contributed by atoms with Gasteiger partial charge < -0.3 is 14.2 Å². The minimum Gasteiger partial charge on any atom is -0.461 e. The van der Waals surface area contributed by atoms with Gasteiger partial charge in [0.05, 0.1) is 13.2 Å². The highest BCUT2D eigenvalue weighted by Crippen LogP contribution is 2.38. The number of ether oxygens (including phenoxy) is 3. The minimum absolute atomic E-state index is 0.0815. The van der Waals surface area contributed by atoms with E-state index in [0.29, 0.717) is 26.1 Å². The van der Waals surface area contributed by atoms with E-state index >= 15 is 0 Å². The van der Waals surface area contributed by atoms with Crippen molar-refractivity contribution in [2.24, 2.45) is 0 Å². The molecule has 1 rings (SSSR count). The van der Waals surface area contributed by atoms with Crippen molar-refractivity contribution in [3.05, 3.63) is 0 Å². The zero-order chi connectivity index (χ0) is 15.4. The topological polar surface area (TPSA) is 67.9 Å². The third-order valence-corrected chi connectivity index (χ3v) is 3.50. The van der Waals surface area contributed by atoms with Crippen LogP contribution in [0.2, 0.25) is 0 Å². The van der Waals surface area contributed by atoms with Gasteiger partial charge in [0.25, 0.3) is 0 Å². The second-order valence-electron chi connectivity index (χ2n) is 6.48. The van der Waals surface area contributed by atoms with Crippen molar-refractivity contribution >= 4 is 5.97 Å². The third kappa shape index (κ3) is 4.70. The summed E-state index contributed by atoms with van der Waals surface area (Å²) in [6.07, 6.45) is 0.816. The summed E-state index contributed by atoms with van der Waals surface area (Å²) >= 11 is 0. The third-order valence-electron chi connectivity index (χ3n) is 3.50. The minimum atomic E-state index is -0.538. The lowest BCUT2D eigenvalue weighted by atomic mass is 9.80. The number of methoxy groups -OCH3 is 1. The van der Waals surface area contributed by atoms with Gasteiger partial charge in [0, 0.05) is 31.0 Å². The Balaban J connectivity index is 2.46. The largest absolute Gasteiger partial charge is 0.461 e. The molecule has 117 valence electrons. The zero-order valence-electron chi connectivity index (χ0n) is 13.1. The summed E-state index contributed by atoms with van der Waals surface area (Å²) in [5, 5.41) is 13.3. The van der Waals surface area contributed by atoms with Gasteiger partial charge in [0.15, 0.2) is 0 Å². The van der Waals surface area contributed by atoms with Crippen LogP contribution in [0.1, 0.15) is 40.5 Å². The van der Waals surface area contributed by atoms with Crippen LogP contribution in [0.5, 0.6) is 0 Å². The lowest BCUT2D eigenvalue weighted by Crippen LogP contribution is -2.60. The molecule has 0 aromatic heterocycles. The fourth-order valence-corrected chi connectivity index (χ4v) is 2.77. The van der Waals surface area contributed by atoms with Crippen LogP contribution < -0.4 is 0 Å². The highest BCUT2D eigenvalue weighted by atomic mass is 16.6. The van der Waals surface area contributed by atoms with Gasteiger partial charge >= 0.3 is 5.97 Å². The number of nitrogens with zero attached hydrogens (tertiary/aromatic N) is 1. The van der Waals surface area contributed by atoms with E-state index < -0.39 is 17.0 Å². The smallest absolute Gasteiger partial charge is 0.332 e. The summed E-state index contributed by atoms with van der Waals surface area (Å²) < 4.78 is 15.4. The first-order valence-corrected chi connectivity index (χ1v) is 6.93. The predicted molar refractivity (Wildman–Crippen MR) is 72.5 cm³/mol. The molecule has 6 heteroatoms. The molecule has 1 fully saturated rings. The van der Waals surface area contributed by atoms with Crippen LogP contribution >= 0.6 is 0 Å². The molecule has 1 heterocycles. The summed E-state index contributed by atoms with van der Waals surface area (Å²) in [7, 11) is 1.57. The normalized spacial score (nSPS) is 22.7. The van der Waals surface area contributed by atoms with E-state index in [2.05, 4.69) is 0 Å². The number of hydroxylamine groups is 2. The maximum Gasteiger partial charge on any atom is 0.332 e. The van der Waals surface area contributed by atoms with Crippen LogP contribution in [0, 0.1) is 0 Å². The second kappa shape index (κ2) is 6.85. The number of hydrogen-bond acceptors (Lipinski definition) is 5. The van der Waals surface area contributed by atoms with Crippen LogP contribution in [0.15, 0.2) is 0 Å². The molecule has 1 aliphatic rings. The molecule has 0 aromatic carbocycles. The Morgan fingerprint density at radius 3 is 2.20 bits per heavy atom. The van der Waals surface area contributed by atoms with Crippen molar-refractivity contribution in [1.82, 2.24) is 5.06 Å². The van der Waals surface area contributed by atoms with Gasteiger partial charge in [-0.1, -0.05) is 0 Å². The summed E-state index contributed by atoms with van der Waals surface area (Å²) in [5.74, 6) is -0.392. The van der Waals surface area contributed by atoms with E-state index in [-0.39, 0.29) is 12.7 Å². The van der Waals surface area contributed by atoms with Gasteiger partial charge in [-0.2, -0.15) is 0 Å². The molecule has 0 amide bonds. The second-order valence-corrected chi connectivity index (χ2v) is 6.48. The van der Waals surface area contributed by atoms with Gasteiger partial charge in [-0.3, -0.25) is 0 Å². The van der Waals surface area contributed by atoms with Crippen molar-refractivity contribution in [3.8, 4) is 0 Å².